The predicted molar refractivity (Wildman–Crippen MR) is 131 cm³/mol. The fourth-order valence-electron chi connectivity index (χ4n) is 4.08. The number of aryl methyl sites for hydroxylation is 1. The van der Waals surface area contributed by atoms with E-state index in [1.807, 2.05) is 37.3 Å². The molecule has 1 heterocycles. The van der Waals surface area contributed by atoms with Gasteiger partial charge in [0.15, 0.2) is 0 Å². The molecule has 4 rings (SSSR count). The maximum Gasteiger partial charge on any atom is 0.338 e. The van der Waals surface area contributed by atoms with Crippen LogP contribution in [0.2, 0.25) is 0 Å². The van der Waals surface area contributed by atoms with E-state index < -0.39 is 23.3 Å². The van der Waals surface area contributed by atoms with Crippen LogP contribution in [0, 0.1) is 12.7 Å². The molecule has 1 aliphatic rings. The fraction of sp³-hybridized carbons (Fsp3) is 0.222. The third-order valence-corrected chi connectivity index (χ3v) is 6.00. The highest BCUT2D eigenvalue weighted by Gasteiger charge is 2.18. The van der Waals surface area contributed by atoms with Crippen LogP contribution in [0.25, 0.3) is 11.1 Å². The zero-order valence-corrected chi connectivity index (χ0v) is 19.3. The highest BCUT2D eigenvalue weighted by Crippen LogP contribution is 2.29. The summed E-state index contributed by atoms with van der Waals surface area (Å²) < 4.78 is 19.5. The first-order valence-corrected chi connectivity index (χ1v) is 11.2. The summed E-state index contributed by atoms with van der Waals surface area (Å²) in [6.07, 6.45) is 0. The average Bonchev–Trinajstić information content (AvgIpc) is 2.85. The zero-order valence-electron chi connectivity index (χ0n) is 19.3. The van der Waals surface area contributed by atoms with Crippen LogP contribution in [-0.4, -0.2) is 54.0 Å². The van der Waals surface area contributed by atoms with Gasteiger partial charge in [-0.2, -0.15) is 4.99 Å². The number of benzene rings is 3. The number of carbonyl (C=O) groups is 2. The molecule has 0 aromatic heterocycles. The number of amidine groups is 1. The van der Waals surface area contributed by atoms with Crippen LogP contribution < -0.4 is 5.73 Å². The molecule has 8 heteroatoms. The minimum atomic E-state index is -1.39. The number of nitrogens with two attached hydrogens (primary N) is 1. The van der Waals surface area contributed by atoms with Gasteiger partial charge in [0.1, 0.15) is 11.7 Å². The van der Waals surface area contributed by atoms with Gasteiger partial charge in [0.05, 0.1) is 18.8 Å². The molecule has 0 bridgehead atoms. The number of carbonyl (C=O) groups excluding carboxylic acids is 1. The van der Waals surface area contributed by atoms with Crippen molar-refractivity contribution in [3.05, 3.63) is 94.3 Å². The van der Waals surface area contributed by atoms with Crippen molar-refractivity contribution in [2.24, 2.45) is 10.7 Å². The molecule has 3 aromatic rings. The Morgan fingerprint density at radius 1 is 1.03 bits per heavy atom. The summed E-state index contributed by atoms with van der Waals surface area (Å²) in [6, 6.07) is 16.9. The minimum Gasteiger partial charge on any atom is -0.478 e. The van der Waals surface area contributed by atoms with Gasteiger partial charge < -0.3 is 15.6 Å². The lowest BCUT2D eigenvalue weighted by Gasteiger charge is -2.27. The number of hydrogen-bond donors (Lipinski definition) is 2. The monoisotopic (exact) mass is 475 g/mol. The van der Waals surface area contributed by atoms with Gasteiger partial charge in [-0.3, -0.25) is 9.69 Å². The lowest BCUT2D eigenvalue weighted by molar-refractivity contribution is 0.0342. The Labute approximate surface area is 202 Å². The molecule has 3 N–H and O–H groups in total. The Hall–Kier alpha value is -3.88. The Kier molecular flexibility index (Phi) is 7.33. The van der Waals surface area contributed by atoms with Crippen molar-refractivity contribution in [1.29, 1.82) is 0 Å². The highest BCUT2D eigenvalue weighted by atomic mass is 19.1. The molecule has 1 saturated heterocycles. The molecule has 0 atom stereocenters. The van der Waals surface area contributed by atoms with Gasteiger partial charge in [0.25, 0.3) is 5.91 Å². The molecular formula is C27H26FN3O4. The van der Waals surface area contributed by atoms with E-state index in [2.05, 4.69) is 16.0 Å². The van der Waals surface area contributed by atoms with E-state index in [1.165, 1.54) is 6.07 Å². The number of aliphatic imine (C=N–C) groups is 1. The normalized spacial score (nSPS) is 14.6. The van der Waals surface area contributed by atoms with Crippen LogP contribution in [0.15, 0.2) is 65.7 Å². The third kappa shape index (κ3) is 5.62. The van der Waals surface area contributed by atoms with Gasteiger partial charge in [-0.15, -0.1) is 0 Å². The number of aromatic carboxylic acids is 1. The smallest absolute Gasteiger partial charge is 0.338 e. The van der Waals surface area contributed by atoms with Gasteiger partial charge in [0.2, 0.25) is 0 Å². The Morgan fingerprint density at radius 2 is 1.74 bits per heavy atom. The molecule has 35 heavy (non-hydrogen) atoms. The van der Waals surface area contributed by atoms with E-state index in [0.717, 1.165) is 47.5 Å². The van der Waals surface area contributed by atoms with E-state index in [0.29, 0.717) is 25.3 Å². The second kappa shape index (κ2) is 10.6. The maximum absolute atomic E-state index is 14.0. The second-order valence-corrected chi connectivity index (χ2v) is 8.38. The zero-order chi connectivity index (χ0) is 24.9. The lowest BCUT2D eigenvalue weighted by atomic mass is 9.94. The van der Waals surface area contributed by atoms with Crippen molar-refractivity contribution in [1.82, 2.24) is 4.90 Å². The summed E-state index contributed by atoms with van der Waals surface area (Å²) in [7, 11) is 0. The van der Waals surface area contributed by atoms with Gasteiger partial charge >= 0.3 is 5.97 Å². The third-order valence-electron chi connectivity index (χ3n) is 6.00. The molecule has 1 aliphatic heterocycles. The van der Waals surface area contributed by atoms with Crippen molar-refractivity contribution in [2.75, 3.05) is 26.3 Å². The van der Waals surface area contributed by atoms with Crippen LogP contribution in [-0.2, 0) is 11.3 Å². The van der Waals surface area contributed by atoms with Crippen molar-refractivity contribution < 1.29 is 23.8 Å². The highest BCUT2D eigenvalue weighted by molar-refractivity contribution is 6.09. The molecule has 0 unspecified atom stereocenters. The number of carboxylic acids is 1. The van der Waals surface area contributed by atoms with Crippen molar-refractivity contribution in [3.8, 4) is 11.1 Å². The fourth-order valence-corrected chi connectivity index (χ4v) is 4.08. The molecular weight excluding hydrogens is 449 g/mol. The van der Waals surface area contributed by atoms with Gasteiger partial charge in [-0.05, 0) is 53.4 Å². The van der Waals surface area contributed by atoms with Crippen LogP contribution in [0.5, 0.6) is 0 Å². The first kappa shape index (κ1) is 24.3. The summed E-state index contributed by atoms with van der Waals surface area (Å²) >= 11 is 0. The summed E-state index contributed by atoms with van der Waals surface area (Å²) in [6.45, 7) is 5.62. The molecule has 180 valence electrons. The van der Waals surface area contributed by atoms with E-state index in [9.17, 15) is 14.0 Å². The Balaban J connectivity index is 1.66. The number of rotatable bonds is 6. The van der Waals surface area contributed by atoms with E-state index in [4.69, 9.17) is 15.6 Å². The van der Waals surface area contributed by atoms with Crippen molar-refractivity contribution in [3.63, 3.8) is 0 Å². The molecule has 0 radical (unpaired) electrons. The van der Waals surface area contributed by atoms with E-state index >= 15 is 0 Å². The SMILES string of the molecule is Cc1ccccc1-c1ccc(C(=O)N=C(N)c2ccc(C(=O)O)c(F)c2)cc1CN1CCOCC1. The number of hydrogen-bond acceptors (Lipinski definition) is 4. The second-order valence-electron chi connectivity index (χ2n) is 8.38. The Morgan fingerprint density at radius 3 is 2.43 bits per heavy atom. The summed E-state index contributed by atoms with van der Waals surface area (Å²) in [5.74, 6) is -3.09. The van der Waals surface area contributed by atoms with E-state index in [-0.39, 0.29) is 11.4 Å². The molecule has 1 fully saturated rings. The number of carboxylic acid groups (broad SMARTS) is 1. The largest absolute Gasteiger partial charge is 0.478 e. The number of ether oxygens (including phenoxy) is 1. The average molecular weight is 476 g/mol. The number of halogens is 1. The van der Waals surface area contributed by atoms with Crippen LogP contribution in [0.3, 0.4) is 0 Å². The van der Waals surface area contributed by atoms with E-state index in [1.54, 1.807) is 6.07 Å². The van der Waals surface area contributed by atoms with Crippen molar-refractivity contribution >= 4 is 17.7 Å². The summed E-state index contributed by atoms with van der Waals surface area (Å²) in [4.78, 5) is 30.2. The molecule has 3 aromatic carbocycles. The first-order chi connectivity index (χ1) is 16.8. The Bertz CT molecular complexity index is 1300. The summed E-state index contributed by atoms with van der Waals surface area (Å²) in [5, 5.41) is 8.99. The minimum absolute atomic E-state index is 0.130. The van der Waals surface area contributed by atoms with Gasteiger partial charge in [0, 0.05) is 30.8 Å². The number of morpholine rings is 1. The standard InChI is InChI=1S/C27H26FN3O4/c1-17-4-2-3-5-21(17)22-8-7-19(14-20(22)16-31-10-12-35-13-11-31)26(32)30-25(29)18-6-9-23(27(33)34)24(28)15-18/h2-9,14-15H,10-13,16H2,1H3,(H,33,34)(H2,29,30,32). The van der Waals surface area contributed by atoms with Gasteiger partial charge in [-0.25, -0.2) is 9.18 Å². The van der Waals surface area contributed by atoms with Crippen molar-refractivity contribution in [2.45, 2.75) is 13.5 Å². The lowest BCUT2D eigenvalue weighted by Crippen LogP contribution is -2.35. The molecule has 0 spiro atoms. The number of nitrogens with zero attached hydrogens (tertiary/aromatic N) is 2. The quantitative estimate of drug-likeness (QED) is 0.414. The predicted octanol–water partition coefficient (Wildman–Crippen LogP) is 3.88. The van der Waals surface area contributed by atoms with Gasteiger partial charge in [-0.1, -0.05) is 36.4 Å². The molecule has 1 amide bonds. The number of amides is 1. The molecule has 7 nitrogen and oxygen atoms in total. The van der Waals surface area contributed by atoms with Crippen LogP contribution in [0.1, 0.15) is 37.4 Å². The topological polar surface area (TPSA) is 105 Å². The summed E-state index contributed by atoms with van der Waals surface area (Å²) in [5.41, 5.74) is 10.2. The van der Waals surface area contributed by atoms with Crippen LogP contribution in [0.4, 0.5) is 4.39 Å². The maximum atomic E-state index is 14.0. The van der Waals surface area contributed by atoms with Crippen LogP contribution >= 0.6 is 0 Å². The first-order valence-electron chi connectivity index (χ1n) is 11.2. The molecule has 0 aliphatic carbocycles. The molecule has 0 saturated carbocycles.